The van der Waals surface area contributed by atoms with Crippen LogP contribution in [0.1, 0.15) is 31.2 Å². The summed E-state index contributed by atoms with van der Waals surface area (Å²) in [7, 11) is 0. The molecule has 0 saturated carbocycles. The predicted molar refractivity (Wildman–Crippen MR) is 48.3 cm³/mol. The number of halogens is 1. The fourth-order valence-corrected chi connectivity index (χ4v) is 1.02. The standard InChI is InChI=1S/C7H10INO/c1-5(2)7-3-6(4-8)9-10-7/h3,5H,4H2,1-2H3. The van der Waals surface area contributed by atoms with E-state index in [4.69, 9.17) is 4.52 Å². The molecule has 1 aromatic rings. The van der Waals surface area contributed by atoms with E-state index in [-0.39, 0.29) is 0 Å². The molecule has 2 nitrogen and oxygen atoms in total. The van der Waals surface area contributed by atoms with Crippen LogP contribution in [0.4, 0.5) is 0 Å². The van der Waals surface area contributed by atoms with Crippen LogP contribution in [0.15, 0.2) is 10.6 Å². The van der Waals surface area contributed by atoms with Gasteiger partial charge in [0.15, 0.2) is 0 Å². The third kappa shape index (κ3) is 1.71. The summed E-state index contributed by atoms with van der Waals surface area (Å²) in [5.41, 5.74) is 1.03. The van der Waals surface area contributed by atoms with Gasteiger partial charge in [-0.1, -0.05) is 41.6 Å². The van der Waals surface area contributed by atoms with Crippen molar-refractivity contribution >= 4 is 22.6 Å². The highest BCUT2D eigenvalue weighted by Gasteiger charge is 2.05. The van der Waals surface area contributed by atoms with E-state index >= 15 is 0 Å². The monoisotopic (exact) mass is 251 g/mol. The van der Waals surface area contributed by atoms with Crippen LogP contribution >= 0.6 is 22.6 Å². The Morgan fingerprint density at radius 2 is 2.40 bits per heavy atom. The lowest BCUT2D eigenvalue weighted by atomic mass is 10.1. The second-order valence-electron chi connectivity index (χ2n) is 2.51. The molecule has 0 atom stereocenters. The average Bonchev–Trinajstić information content (AvgIpc) is 2.34. The van der Waals surface area contributed by atoms with Gasteiger partial charge in [0.05, 0.1) is 5.69 Å². The normalized spacial score (nSPS) is 10.8. The third-order valence-corrected chi connectivity index (χ3v) is 2.06. The van der Waals surface area contributed by atoms with E-state index < -0.39 is 0 Å². The van der Waals surface area contributed by atoms with E-state index in [0.717, 1.165) is 15.9 Å². The molecule has 0 fully saturated rings. The summed E-state index contributed by atoms with van der Waals surface area (Å²) in [5, 5.41) is 3.87. The Morgan fingerprint density at radius 3 is 2.70 bits per heavy atom. The fraction of sp³-hybridized carbons (Fsp3) is 0.571. The molecule has 0 amide bonds. The molecular weight excluding hydrogens is 241 g/mol. The van der Waals surface area contributed by atoms with E-state index in [1.165, 1.54) is 0 Å². The Balaban J connectivity index is 2.78. The highest BCUT2D eigenvalue weighted by Crippen LogP contribution is 2.16. The summed E-state index contributed by atoms with van der Waals surface area (Å²) in [6.07, 6.45) is 0. The first kappa shape index (κ1) is 8.04. The van der Waals surface area contributed by atoms with Gasteiger partial charge in [-0.05, 0) is 0 Å². The van der Waals surface area contributed by atoms with Crippen molar-refractivity contribution in [1.82, 2.24) is 5.16 Å². The van der Waals surface area contributed by atoms with Gasteiger partial charge in [0.1, 0.15) is 5.76 Å². The zero-order valence-corrected chi connectivity index (χ0v) is 8.25. The van der Waals surface area contributed by atoms with Crippen LogP contribution in [0.5, 0.6) is 0 Å². The van der Waals surface area contributed by atoms with E-state index in [9.17, 15) is 0 Å². The largest absolute Gasteiger partial charge is 0.361 e. The minimum absolute atomic E-state index is 0.448. The van der Waals surface area contributed by atoms with Crippen molar-refractivity contribution in [2.75, 3.05) is 0 Å². The molecule has 0 saturated heterocycles. The van der Waals surface area contributed by atoms with Crippen molar-refractivity contribution in [2.24, 2.45) is 0 Å². The van der Waals surface area contributed by atoms with Crippen molar-refractivity contribution in [3.63, 3.8) is 0 Å². The predicted octanol–water partition coefficient (Wildman–Crippen LogP) is 2.73. The molecule has 56 valence electrons. The molecule has 1 heterocycles. The zero-order valence-electron chi connectivity index (χ0n) is 6.10. The van der Waals surface area contributed by atoms with Crippen molar-refractivity contribution in [3.05, 3.63) is 17.5 Å². The first-order valence-electron chi connectivity index (χ1n) is 3.25. The minimum Gasteiger partial charge on any atom is -0.361 e. The van der Waals surface area contributed by atoms with Crippen LogP contribution in [-0.4, -0.2) is 5.16 Å². The lowest BCUT2D eigenvalue weighted by Crippen LogP contribution is -1.80. The van der Waals surface area contributed by atoms with E-state index in [0.29, 0.717) is 5.92 Å². The molecule has 0 aliphatic rings. The molecular formula is C7H10INO. The van der Waals surface area contributed by atoms with Gasteiger partial charge in [0, 0.05) is 16.4 Å². The first-order chi connectivity index (χ1) is 4.74. The molecule has 0 aliphatic carbocycles. The van der Waals surface area contributed by atoms with Crippen LogP contribution < -0.4 is 0 Å². The van der Waals surface area contributed by atoms with Gasteiger partial charge in [-0.2, -0.15) is 0 Å². The molecule has 10 heavy (non-hydrogen) atoms. The van der Waals surface area contributed by atoms with Crippen LogP contribution in [0.3, 0.4) is 0 Å². The Bertz CT molecular complexity index is 207. The third-order valence-electron chi connectivity index (χ3n) is 1.28. The van der Waals surface area contributed by atoms with Crippen molar-refractivity contribution in [1.29, 1.82) is 0 Å². The van der Waals surface area contributed by atoms with Gasteiger partial charge in [-0.3, -0.25) is 0 Å². The van der Waals surface area contributed by atoms with Gasteiger partial charge in [0.25, 0.3) is 0 Å². The van der Waals surface area contributed by atoms with Gasteiger partial charge in [0.2, 0.25) is 0 Å². The number of aromatic nitrogens is 1. The molecule has 0 spiro atoms. The highest BCUT2D eigenvalue weighted by atomic mass is 127. The minimum atomic E-state index is 0.448. The summed E-state index contributed by atoms with van der Waals surface area (Å²) in [5.74, 6) is 1.43. The van der Waals surface area contributed by atoms with Gasteiger partial charge in [-0.15, -0.1) is 0 Å². The Morgan fingerprint density at radius 1 is 1.70 bits per heavy atom. The van der Waals surface area contributed by atoms with E-state index in [1.54, 1.807) is 0 Å². The van der Waals surface area contributed by atoms with Crippen molar-refractivity contribution in [2.45, 2.75) is 24.2 Å². The van der Waals surface area contributed by atoms with Crippen LogP contribution in [0, 0.1) is 0 Å². The second-order valence-corrected chi connectivity index (χ2v) is 3.27. The average molecular weight is 251 g/mol. The Kier molecular flexibility index (Phi) is 2.71. The molecule has 1 rings (SSSR count). The Labute approximate surface area is 74.1 Å². The summed E-state index contributed by atoms with van der Waals surface area (Å²) in [4.78, 5) is 0. The van der Waals surface area contributed by atoms with Gasteiger partial charge < -0.3 is 4.52 Å². The van der Waals surface area contributed by atoms with E-state index in [2.05, 4.69) is 41.6 Å². The van der Waals surface area contributed by atoms with E-state index in [1.807, 2.05) is 6.07 Å². The van der Waals surface area contributed by atoms with Crippen molar-refractivity contribution < 1.29 is 4.52 Å². The maximum atomic E-state index is 5.06. The topological polar surface area (TPSA) is 26.0 Å². The molecule has 3 heteroatoms. The molecule has 0 bridgehead atoms. The number of hydrogen-bond acceptors (Lipinski definition) is 2. The Hall–Kier alpha value is -0.0600. The number of rotatable bonds is 2. The highest BCUT2D eigenvalue weighted by molar-refractivity contribution is 14.1. The summed E-state index contributed by atoms with van der Waals surface area (Å²) < 4.78 is 5.99. The number of hydrogen-bond donors (Lipinski definition) is 0. The van der Waals surface area contributed by atoms with Crippen LogP contribution in [-0.2, 0) is 4.43 Å². The maximum absolute atomic E-state index is 5.06. The molecule has 0 N–H and O–H groups in total. The molecule has 0 aliphatic heterocycles. The van der Waals surface area contributed by atoms with Crippen molar-refractivity contribution in [3.8, 4) is 0 Å². The SMILES string of the molecule is CC(C)c1cc(CI)no1. The second kappa shape index (κ2) is 3.37. The summed E-state index contributed by atoms with van der Waals surface area (Å²) in [6, 6.07) is 2.01. The molecule has 1 aromatic heterocycles. The van der Waals surface area contributed by atoms with Crippen LogP contribution in [0.25, 0.3) is 0 Å². The lowest BCUT2D eigenvalue weighted by Gasteiger charge is -1.93. The number of nitrogens with zero attached hydrogens (tertiary/aromatic N) is 1. The van der Waals surface area contributed by atoms with Crippen LogP contribution in [0.2, 0.25) is 0 Å². The number of alkyl halides is 1. The molecule has 0 radical (unpaired) electrons. The lowest BCUT2D eigenvalue weighted by molar-refractivity contribution is 0.367. The zero-order chi connectivity index (χ0) is 7.56. The summed E-state index contributed by atoms with van der Waals surface area (Å²) in [6.45, 7) is 4.19. The van der Waals surface area contributed by atoms with Gasteiger partial charge in [-0.25, -0.2) is 0 Å². The smallest absolute Gasteiger partial charge is 0.139 e. The first-order valence-corrected chi connectivity index (χ1v) is 4.78. The summed E-state index contributed by atoms with van der Waals surface area (Å²) >= 11 is 2.27. The molecule has 0 aromatic carbocycles. The van der Waals surface area contributed by atoms with Gasteiger partial charge >= 0.3 is 0 Å². The quantitative estimate of drug-likeness (QED) is 0.596. The maximum Gasteiger partial charge on any atom is 0.139 e. The fourth-order valence-electron chi connectivity index (χ4n) is 0.663. The molecule has 0 unspecified atom stereocenters.